The van der Waals surface area contributed by atoms with E-state index in [1.54, 1.807) is 6.08 Å². The molecule has 2 aromatic rings. The van der Waals surface area contributed by atoms with Crippen molar-refractivity contribution in [3.8, 4) is 0 Å². The maximum absolute atomic E-state index is 12.5. The highest BCUT2D eigenvalue weighted by molar-refractivity contribution is 8.26. The number of hydrogen-bond donors (Lipinski definition) is 0. The number of carbonyl (C=O) groups excluding carboxylic acids is 2. The quantitative estimate of drug-likeness (QED) is 0.458. The van der Waals surface area contributed by atoms with Gasteiger partial charge in [-0.3, -0.25) is 14.5 Å². The third-order valence-corrected chi connectivity index (χ3v) is 4.88. The number of rotatable bonds is 5. The maximum atomic E-state index is 12.5. The number of hydrogen-bond acceptors (Lipinski definition) is 5. The van der Waals surface area contributed by atoms with Crippen molar-refractivity contribution in [1.82, 2.24) is 4.90 Å². The second-order valence-corrected chi connectivity index (χ2v) is 7.00. The van der Waals surface area contributed by atoms with E-state index in [-0.39, 0.29) is 19.1 Å². The molecule has 0 aromatic heterocycles. The summed E-state index contributed by atoms with van der Waals surface area (Å²) in [6, 6.07) is 18.9. The lowest BCUT2D eigenvalue weighted by Crippen LogP contribution is -2.34. The van der Waals surface area contributed by atoms with E-state index in [2.05, 4.69) is 0 Å². The number of ether oxygens (including phenoxy) is 1. The molecule has 1 fully saturated rings. The summed E-state index contributed by atoms with van der Waals surface area (Å²) in [5, 5.41) is 0. The van der Waals surface area contributed by atoms with Crippen LogP contribution in [-0.4, -0.2) is 27.6 Å². The van der Waals surface area contributed by atoms with Gasteiger partial charge in [0, 0.05) is 0 Å². The fourth-order valence-electron chi connectivity index (χ4n) is 2.25. The Bertz CT molecular complexity index is 819. The highest BCUT2D eigenvalue weighted by Gasteiger charge is 2.33. The van der Waals surface area contributed by atoms with Gasteiger partial charge in [0.1, 0.15) is 17.5 Å². The van der Waals surface area contributed by atoms with E-state index in [1.807, 2.05) is 60.7 Å². The fraction of sp³-hybridized carbons (Fsp3) is 0.105. The van der Waals surface area contributed by atoms with Crippen LogP contribution >= 0.6 is 24.0 Å². The van der Waals surface area contributed by atoms with E-state index < -0.39 is 5.97 Å². The average Bonchev–Trinajstić information content (AvgIpc) is 2.89. The van der Waals surface area contributed by atoms with Crippen LogP contribution in [0, 0.1) is 0 Å². The molecule has 4 nitrogen and oxygen atoms in total. The van der Waals surface area contributed by atoms with Crippen LogP contribution < -0.4 is 0 Å². The van der Waals surface area contributed by atoms with Gasteiger partial charge in [-0.2, -0.15) is 0 Å². The van der Waals surface area contributed by atoms with Crippen molar-refractivity contribution in [2.45, 2.75) is 6.61 Å². The summed E-state index contributed by atoms with van der Waals surface area (Å²) in [4.78, 5) is 26.3. The van der Waals surface area contributed by atoms with Crippen LogP contribution in [0.4, 0.5) is 0 Å². The molecule has 3 rings (SSSR count). The number of thioether (sulfide) groups is 1. The second kappa shape index (κ2) is 8.09. The zero-order chi connectivity index (χ0) is 17.6. The van der Waals surface area contributed by atoms with Crippen LogP contribution in [0.2, 0.25) is 0 Å². The van der Waals surface area contributed by atoms with Gasteiger partial charge in [0.25, 0.3) is 5.91 Å². The van der Waals surface area contributed by atoms with Gasteiger partial charge in [0.2, 0.25) is 0 Å². The Morgan fingerprint density at radius 2 is 1.72 bits per heavy atom. The molecular formula is C19H15NO3S2. The Morgan fingerprint density at radius 3 is 2.40 bits per heavy atom. The molecule has 0 saturated carbocycles. The van der Waals surface area contributed by atoms with Gasteiger partial charge < -0.3 is 4.74 Å². The van der Waals surface area contributed by atoms with Crippen LogP contribution in [0.1, 0.15) is 11.1 Å². The van der Waals surface area contributed by atoms with Gasteiger partial charge in [-0.25, -0.2) is 0 Å². The number of esters is 1. The van der Waals surface area contributed by atoms with E-state index in [0.717, 1.165) is 11.1 Å². The highest BCUT2D eigenvalue weighted by atomic mass is 32.2. The van der Waals surface area contributed by atoms with Crippen molar-refractivity contribution in [2.24, 2.45) is 0 Å². The number of carbonyl (C=O) groups is 2. The first kappa shape index (κ1) is 17.4. The Labute approximate surface area is 155 Å². The number of benzene rings is 2. The summed E-state index contributed by atoms with van der Waals surface area (Å²) in [5.74, 6) is -0.753. The maximum Gasteiger partial charge on any atom is 0.326 e. The molecule has 1 aliphatic rings. The largest absolute Gasteiger partial charge is 0.459 e. The molecule has 0 spiro atoms. The molecule has 1 aliphatic heterocycles. The summed E-state index contributed by atoms with van der Waals surface area (Å²) in [6.45, 7) is -0.00203. The SMILES string of the molecule is O=C(CN1C(=O)/C(=C\c2ccccc2)SC1=S)OCc1ccccc1. The topological polar surface area (TPSA) is 46.6 Å². The molecular weight excluding hydrogens is 354 g/mol. The van der Waals surface area contributed by atoms with Crippen molar-refractivity contribution in [3.05, 3.63) is 76.7 Å². The predicted octanol–water partition coefficient (Wildman–Crippen LogP) is 3.63. The first-order valence-corrected chi connectivity index (χ1v) is 8.86. The molecule has 0 atom stereocenters. The zero-order valence-electron chi connectivity index (χ0n) is 13.3. The standard InChI is InChI=1S/C19H15NO3S2/c21-17(23-13-15-9-5-2-6-10-15)12-20-18(22)16(25-19(20)24)11-14-7-3-1-4-8-14/h1-11H,12-13H2/b16-11+. The summed E-state index contributed by atoms with van der Waals surface area (Å²) in [6.07, 6.45) is 1.77. The van der Waals surface area contributed by atoms with Crippen molar-refractivity contribution in [2.75, 3.05) is 6.54 Å². The minimum absolute atomic E-state index is 0.175. The molecule has 0 N–H and O–H groups in total. The minimum atomic E-state index is -0.485. The normalized spacial score (nSPS) is 15.7. The number of amides is 1. The molecule has 0 aliphatic carbocycles. The number of thiocarbonyl (C=S) groups is 1. The van der Waals surface area contributed by atoms with Crippen molar-refractivity contribution < 1.29 is 14.3 Å². The lowest BCUT2D eigenvalue weighted by molar-refractivity contribution is -0.147. The van der Waals surface area contributed by atoms with E-state index in [1.165, 1.54) is 16.7 Å². The van der Waals surface area contributed by atoms with Crippen molar-refractivity contribution in [3.63, 3.8) is 0 Å². The molecule has 1 amide bonds. The van der Waals surface area contributed by atoms with Gasteiger partial charge in [-0.05, 0) is 17.2 Å². The third-order valence-electron chi connectivity index (χ3n) is 3.50. The van der Waals surface area contributed by atoms with Crippen LogP contribution in [0.3, 0.4) is 0 Å². The number of nitrogens with zero attached hydrogens (tertiary/aromatic N) is 1. The van der Waals surface area contributed by atoms with Gasteiger partial charge >= 0.3 is 5.97 Å². The fourth-order valence-corrected chi connectivity index (χ4v) is 3.50. The lowest BCUT2D eigenvalue weighted by Gasteiger charge is -2.13. The first-order valence-electron chi connectivity index (χ1n) is 7.63. The molecule has 0 radical (unpaired) electrons. The van der Waals surface area contributed by atoms with Crippen LogP contribution in [-0.2, 0) is 20.9 Å². The predicted molar refractivity (Wildman–Crippen MR) is 103 cm³/mol. The van der Waals surface area contributed by atoms with E-state index >= 15 is 0 Å². The van der Waals surface area contributed by atoms with Crippen molar-refractivity contribution >= 4 is 46.3 Å². The molecule has 6 heteroatoms. The van der Waals surface area contributed by atoms with Crippen LogP contribution in [0.5, 0.6) is 0 Å². The molecule has 1 heterocycles. The van der Waals surface area contributed by atoms with Gasteiger partial charge in [0.15, 0.2) is 0 Å². The summed E-state index contributed by atoms with van der Waals surface area (Å²) in [7, 11) is 0. The highest BCUT2D eigenvalue weighted by Crippen LogP contribution is 2.32. The van der Waals surface area contributed by atoms with E-state index in [0.29, 0.717) is 9.23 Å². The molecule has 25 heavy (non-hydrogen) atoms. The smallest absolute Gasteiger partial charge is 0.326 e. The third kappa shape index (κ3) is 4.55. The van der Waals surface area contributed by atoms with Crippen LogP contribution in [0.25, 0.3) is 6.08 Å². The second-order valence-electron chi connectivity index (χ2n) is 5.32. The van der Waals surface area contributed by atoms with Crippen LogP contribution in [0.15, 0.2) is 65.6 Å². The Kier molecular flexibility index (Phi) is 5.63. The van der Waals surface area contributed by atoms with Gasteiger partial charge in [0.05, 0.1) is 4.91 Å². The first-order chi connectivity index (χ1) is 12.1. The molecule has 0 unspecified atom stereocenters. The summed E-state index contributed by atoms with van der Waals surface area (Å²) < 4.78 is 5.58. The molecule has 1 saturated heterocycles. The summed E-state index contributed by atoms with van der Waals surface area (Å²) in [5.41, 5.74) is 1.81. The van der Waals surface area contributed by atoms with Crippen molar-refractivity contribution in [1.29, 1.82) is 0 Å². The molecule has 0 bridgehead atoms. The minimum Gasteiger partial charge on any atom is -0.459 e. The zero-order valence-corrected chi connectivity index (χ0v) is 14.9. The van der Waals surface area contributed by atoms with E-state index in [9.17, 15) is 9.59 Å². The Morgan fingerprint density at radius 1 is 1.08 bits per heavy atom. The Balaban J connectivity index is 1.61. The Hall–Kier alpha value is -2.44. The monoisotopic (exact) mass is 369 g/mol. The lowest BCUT2D eigenvalue weighted by atomic mass is 10.2. The average molecular weight is 369 g/mol. The molecule has 126 valence electrons. The summed E-state index contributed by atoms with van der Waals surface area (Å²) >= 11 is 6.42. The molecule has 2 aromatic carbocycles. The van der Waals surface area contributed by atoms with E-state index in [4.69, 9.17) is 17.0 Å². The van der Waals surface area contributed by atoms with Gasteiger partial charge in [-0.15, -0.1) is 0 Å². The van der Waals surface area contributed by atoms with Gasteiger partial charge in [-0.1, -0.05) is 84.6 Å².